The summed E-state index contributed by atoms with van der Waals surface area (Å²) in [6.07, 6.45) is 82.0. The number of ether oxygens (including phenoxy) is 4. The van der Waals surface area contributed by atoms with E-state index in [-0.39, 0.29) is 25.7 Å². The second kappa shape index (κ2) is 85.0. The SMILES string of the molecule is CCCCCCCCCCCCCCCCCCCCCCCCC(=O)O[C@H](COC(=O)CCCCCCCCCCCCCCCCCCCC)COP(=O)(O)OC[C@@H](O)COP(=O)(O)OC[C@@H](COC(=O)CCCCCCCCCCCCCC)OC(=O)CCCCCCCCCCCCCCCCCCCC. The van der Waals surface area contributed by atoms with Crippen LogP contribution in [0.5, 0.6) is 0 Å². The van der Waals surface area contributed by atoms with Crippen molar-refractivity contribution in [2.45, 2.75) is 521 Å². The molecule has 654 valence electrons. The van der Waals surface area contributed by atoms with Gasteiger partial charge in [0.1, 0.15) is 19.3 Å². The molecule has 0 heterocycles. The zero-order valence-electron chi connectivity index (χ0n) is 72.3. The highest BCUT2D eigenvalue weighted by atomic mass is 31.2. The molecule has 19 heteroatoms. The van der Waals surface area contributed by atoms with E-state index in [2.05, 4.69) is 27.7 Å². The van der Waals surface area contributed by atoms with E-state index in [4.69, 9.17) is 37.0 Å². The molecule has 110 heavy (non-hydrogen) atoms. The molecule has 0 aromatic heterocycles. The number of phosphoric ester groups is 2. The van der Waals surface area contributed by atoms with Gasteiger partial charge < -0.3 is 33.8 Å². The van der Waals surface area contributed by atoms with Crippen LogP contribution in [0.3, 0.4) is 0 Å². The number of esters is 4. The van der Waals surface area contributed by atoms with Crippen LogP contribution in [0.25, 0.3) is 0 Å². The van der Waals surface area contributed by atoms with Gasteiger partial charge in [0.05, 0.1) is 26.4 Å². The third-order valence-electron chi connectivity index (χ3n) is 21.6. The number of phosphoric acid groups is 2. The average molecular weight is 1610 g/mol. The maximum atomic E-state index is 13.2. The summed E-state index contributed by atoms with van der Waals surface area (Å²) in [6, 6.07) is 0. The molecule has 0 spiro atoms. The lowest BCUT2D eigenvalue weighted by Crippen LogP contribution is -2.30. The summed E-state index contributed by atoms with van der Waals surface area (Å²) in [7, 11) is -9.93. The Kier molecular flexibility index (Phi) is 83.5. The van der Waals surface area contributed by atoms with Crippen LogP contribution in [0.2, 0.25) is 0 Å². The van der Waals surface area contributed by atoms with Crippen molar-refractivity contribution < 1.29 is 80.2 Å². The largest absolute Gasteiger partial charge is 0.472 e. The number of aliphatic hydroxyl groups excluding tert-OH is 1. The number of carbonyl (C=O) groups excluding carboxylic acids is 4. The maximum absolute atomic E-state index is 13.2. The molecule has 2 unspecified atom stereocenters. The first-order chi connectivity index (χ1) is 53.7. The lowest BCUT2D eigenvalue weighted by Gasteiger charge is -2.21. The van der Waals surface area contributed by atoms with Gasteiger partial charge in [-0.15, -0.1) is 0 Å². The van der Waals surface area contributed by atoms with Crippen molar-refractivity contribution in [2.24, 2.45) is 0 Å². The van der Waals surface area contributed by atoms with E-state index in [1.807, 2.05) is 0 Å². The van der Waals surface area contributed by atoms with Crippen molar-refractivity contribution >= 4 is 39.5 Å². The fourth-order valence-corrected chi connectivity index (χ4v) is 16.0. The summed E-state index contributed by atoms with van der Waals surface area (Å²) in [5.41, 5.74) is 0. The molecule has 17 nitrogen and oxygen atoms in total. The molecule has 0 amide bonds. The summed E-state index contributed by atoms with van der Waals surface area (Å²) in [6.45, 7) is 5.09. The van der Waals surface area contributed by atoms with Gasteiger partial charge in [-0.1, -0.05) is 451 Å². The van der Waals surface area contributed by atoms with Crippen LogP contribution in [0, 0.1) is 0 Å². The number of rotatable bonds is 92. The zero-order valence-corrected chi connectivity index (χ0v) is 74.0. The van der Waals surface area contributed by atoms with Gasteiger partial charge in [-0.2, -0.15) is 0 Å². The van der Waals surface area contributed by atoms with E-state index in [1.54, 1.807) is 0 Å². The minimum atomic E-state index is -4.97. The van der Waals surface area contributed by atoms with Crippen molar-refractivity contribution in [1.82, 2.24) is 0 Å². The third-order valence-corrected chi connectivity index (χ3v) is 23.5. The molecular weight excluding hydrogens is 1430 g/mol. The van der Waals surface area contributed by atoms with Gasteiger partial charge in [-0.05, 0) is 25.7 Å². The topological polar surface area (TPSA) is 237 Å². The van der Waals surface area contributed by atoms with Crippen molar-refractivity contribution in [3.05, 3.63) is 0 Å². The Morgan fingerprint density at radius 3 is 0.536 bits per heavy atom. The Morgan fingerprint density at radius 1 is 0.218 bits per heavy atom. The molecular formula is C91H178O17P2. The first kappa shape index (κ1) is 108. The summed E-state index contributed by atoms with van der Waals surface area (Å²) in [5.74, 6) is -2.09. The molecule has 0 saturated heterocycles. The van der Waals surface area contributed by atoms with E-state index < -0.39 is 97.5 Å². The van der Waals surface area contributed by atoms with E-state index in [1.165, 1.54) is 334 Å². The minimum Gasteiger partial charge on any atom is -0.462 e. The number of hydrogen-bond acceptors (Lipinski definition) is 15. The molecule has 0 aliphatic rings. The molecule has 0 rings (SSSR count). The summed E-state index contributed by atoms with van der Waals surface area (Å²) in [5, 5.41) is 10.7. The first-order valence-electron chi connectivity index (χ1n) is 47.3. The second-order valence-corrected chi connectivity index (χ2v) is 35.6. The van der Waals surface area contributed by atoms with Crippen LogP contribution in [0.1, 0.15) is 503 Å². The van der Waals surface area contributed by atoms with Gasteiger partial charge in [-0.25, -0.2) is 9.13 Å². The molecule has 0 aromatic carbocycles. The van der Waals surface area contributed by atoms with Crippen LogP contribution in [-0.2, 0) is 65.4 Å². The van der Waals surface area contributed by atoms with Gasteiger partial charge in [0.25, 0.3) is 0 Å². The van der Waals surface area contributed by atoms with Crippen LogP contribution in [-0.4, -0.2) is 96.7 Å². The van der Waals surface area contributed by atoms with Crippen molar-refractivity contribution in [3.63, 3.8) is 0 Å². The fraction of sp³-hybridized carbons (Fsp3) is 0.956. The fourth-order valence-electron chi connectivity index (χ4n) is 14.4. The van der Waals surface area contributed by atoms with E-state index in [9.17, 15) is 43.2 Å². The molecule has 0 saturated carbocycles. The predicted octanol–water partition coefficient (Wildman–Crippen LogP) is 28.5. The molecule has 0 radical (unpaired) electrons. The van der Waals surface area contributed by atoms with E-state index >= 15 is 0 Å². The standard InChI is InChI=1S/C91H178O17P2/c1-5-9-13-17-21-25-29-33-36-39-42-43-44-45-48-51-54-58-62-66-70-74-78-91(96)108-87(82-102-89(94)76-72-68-64-60-56-52-49-46-40-37-34-30-26-22-18-14-10-6-2)84-106-110(99,100)104-80-85(92)79-103-109(97,98)105-83-86(81-101-88(93)75-71-67-63-59-55-32-28-24-20-16-12-8-4)107-90(95)77-73-69-65-61-57-53-50-47-41-38-35-31-27-23-19-15-11-7-3/h85-87,92H,5-84H2,1-4H3,(H,97,98)(H,99,100)/t85-,86+,87+/m0/s1. The minimum absolute atomic E-state index is 0.110. The molecule has 3 N–H and O–H groups in total. The number of aliphatic hydroxyl groups is 1. The summed E-state index contributed by atoms with van der Waals surface area (Å²) in [4.78, 5) is 73.4. The van der Waals surface area contributed by atoms with Gasteiger partial charge >= 0.3 is 39.5 Å². The maximum Gasteiger partial charge on any atom is 0.472 e. The predicted molar refractivity (Wildman–Crippen MR) is 455 cm³/mol. The molecule has 0 bridgehead atoms. The molecule has 0 fully saturated rings. The normalized spacial score (nSPS) is 13.6. The Morgan fingerprint density at radius 2 is 0.364 bits per heavy atom. The Hall–Kier alpha value is -1.94. The monoisotopic (exact) mass is 1610 g/mol. The van der Waals surface area contributed by atoms with E-state index in [0.717, 1.165) is 89.9 Å². The Balaban J connectivity index is 5.24. The summed E-state index contributed by atoms with van der Waals surface area (Å²) < 4.78 is 69.1. The third kappa shape index (κ3) is 84.0. The zero-order chi connectivity index (χ0) is 80.3. The highest BCUT2D eigenvalue weighted by Gasteiger charge is 2.31. The lowest BCUT2D eigenvalue weighted by molar-refractivity contribution is -0.161. The van der Waals surface area contributed by atoms with Crippen LogP contribution in [0.4, 0.5) is 0 Å². The van der Waals surface area contributed by atoms with Gasteiger partial charge in [0, 0.05) is 25.7 Å². The second-order valence-electron chi connectivity index (χ2n) is 32.7. The Labute approximate surface area is 677 Å². The number of unbranched alkanes of at least 4 members (excludes halogenated alkanes) is 66. The molecule has 5 atom stereocenters. The van der Waals surface area contributed by atoms with Gasteiger partial charge in [0.15, 0.2) is 12.2 Å². The van der Waals surface area contributed by atoms with Crippen LogP contribution < -0.4 is 0 Å². The number of hydrogen-bond donors (Lipinski definition) is 3. The van der Waals surface area contributed by atoms with Gasteiger partial charge in [-0.3, -0.25) is 37.3 Å². The molecule has 0 aromatic rings. The first-order valence-corrected chi connectivity index (χ1v) is 50.3. The van der Waals surface area contributed by atoms with Gasteiger partial charge in [0.2, 0.25) is 0 Å². The van der Waals surface area contributed by atoms with E-state index in [0.29, 0.717) is 25.7 Å². The highest BCUT2D eigenvalue weighted by molar-refractivity contribution is 7.47. The average Bonchev–Trinajstić information content (AvgIpc) is 0.916. The van der Waals surface area contributed by atoms with Crippen LogP contribution >= 0.6 is 15.6 Å². The van der Waals surface area contributed by atoms with Crippen molar-refractivity contribution in [3.8, 4) is 0 Å². The van der Waals surface area contributed by atoms with Crippen molar-refractivity contribution in [1.29, 1.82) is 0 Å². The Bertz CT molecular complexity index is 2070. The van der Waals surface area contributed by atoms with Crippen LogP contribution in [0.15, 0.2) is 0 Å². The molecule has 0 aliphatic carbocycles. The number of carbonyl (C=O) groups is 4. The smallest absolute Gasteiger partial charge is 0.462 e. The quantitative estimate of drug-likeness (QED) is 0.0222. The van der Waals surface area contributed by atoms with Crippen molar-refractivity contribution in [2.75, 3.05) is 39.6 Å². The molecule has 0 aliphatic heterocycles. The lowest BCUT2D eigenvalue weighted by atomic mass is 10.0. The highest BCUT2D eigenvalue weighted by Crippen LogP contribution is 2.45. The summed E-state index contributed by atoms with van der Waals surface area (Å²) >= 11 is 0.